The fourth-order valence-corrected chi connectivity index (χ4v) is 0.355. The molecule has 3 nitrogen and oxygen atoms in total. The molecule has 0 fully saturated rings. The van der Waals surface area contributed by atoms with Gasteiger partial charge in [0.2, 0.25) is 0 Å². The van der Waals surface area contributed by atoms with Crippen molar-refractivity contribution in [2.45, 2.75) is 0 Å². The van der Waals surface area contributed by atoms with E-state index in [1.165, 1.54) is 5.54 Å². The van der Waals surface area contributed by atoms with Crippen LogP contribution in [0.15, 0.2) is 14.2 Å². The number of hydrogen-bond donors (Lipinski definition) is 0. The SMILES string of the molecule is [N-]=[N+]=NC/C(I)=C/Cl. The van der Waals surface area contributed by atoms with Gasteiger partial charge in [0.1, 0.15) is 0 Å². The van der Waals surface area contributed by atoms with Crippen LogP contribution in [0.3, 0.4) is 0 Å². The lowest BCUT2D eigenvalue weighted by Crippen LogP contribution is -1.71. The molecule has 0 saturated carbocycles. The van der Waals surface area contributed by atoms with E-state index in [1.807, 2.05) is 22.6 Å². The van der Waals surface area contributed by atoms with Crippen LogP contribution in [0.25, 0.3) is 10.4 Å². The van der Waals surface area contributed by atoms with Gasteiger partial charge < -0.3 is 0 Å². The molecule has 0 rings (SSSR count). The van der Waals surface area contributed by atoms with E-state index in [0.29, 0.717) is 6.54 Å². The Balaban J connectivity index is 3.55. The molecule has 0 aliphatic rings. The highest BCUT2D eigenvalue weighted by Crippen LogP contribution is 2.06. The molecule has 8 heavy (non-hydrogen) atoms. The predicted molar refractivity (Wildman–Crippen MR) is 42.0 cm³/mol. The van der Waals surface area contributed by atoms with E-state index in [0.717, 1.165) is 3.58 Å². The third-order valence-electron chi connectivity index (χ3n) is 0.403. The Labute approximate surface area is 65.5 Å². The summed E-state index contributed by atoms with van der Waals surface area (Å²) in [7, 11) is 0. The van der Waals surface area contributed by atoms with E-state index in [4.69, 9.17) is 17.1 Å². The first-order valence-electron chi connectivity index (χ1n) is 1.77. The summed E-state index contributed by atoms with van der Waals surface area (Å²) in [4.78, 5) is 2.54. The number of nitrogens with zero attached hydrogens (tertiary/aromatic N) is 3. The third kappa shape index (κ3) is 4.23. The highest BCUT2D eigenvalue weighted by Gasteiger charge is 1.82. The number of hydrogen-bond acceptors (Lipinski definition) is 1. The maximum absolute atomic E-state index is 7.80. The molecule has 0 aromatic rings. The zero-order valence-electron chi connectivity index (χ0n) is 3.88. The minimum Gasteiger partial charge on any atom is -0.0922 e. The van der Waals surface area contributed by atoms with Crippen molar-refractivity contribution >= 4 is 34.2 Å². The van der Waals surface area contributed by atoms with Gasteiger partial charge in [-0.2, -0.15) is 0 Å². The normalized spacial score (nSPS) is 10.5. The van der Waals surface area contributed by atoms with Crippen molar-refractivity contribution < 1.29 is 0 Å². The molecule has 0 aromatic heterocycles. The first-order chi connectivity index (χ1) is 3.81. The van der Waals surface area contributed by atoms with Gasteiger partial charge in [-0.05, 0) is 28.1 Å². The van der Waals surface area contributed by atoms with Crippen LogP contribution in [0.4, 0.5) is 0 Å². The topological polar surface area (TPSA) is 48.8 Å². The fourth-order valence-electron chi connectivity index (χ4n) is 0.134. The summed E-state index contributed by atoms with van der Waals surface area (Å²) in [5.41, 5.74) is 9.18. The molecule has 0 unspecified atom stereocenters. The first kappa shape index (κ1) is 8.07. The summed E-state index contributed by atoms with van der Waals surface area (Å²) >= 11 is 7.23. The fraction of sp³-hybridized carbons (Fsp3) is 0.333. The predicted octanol–water partition coefficient (Wildman–Crippen LogP) is 2.81. The molecule has 5 heteroatoms. The molecule has 44 valence electrons. The van der Waals surface area contributed by atoms with Crippen LogP contribution >= 0.6 is 34.2 Å². The summed E-state index contributed by atoms with van der Waals surface area (Å²) < 4.78 is 0.835. The molecule has 0 radical (unpaired) electrons. The monoisotopic (exact) mass is 243 g/mol. The Morgan fingerprint density at radius 1 is 2.00 bits per heavy atom. The number of azide groups is 1. The first-order valence-corrected chi connectivity index (χ1v) is 3.28. The molecule has 0 aromatic carbocycles. The minimum absolute atomic E-state index is 0.348. The molecule has 0 aliphatic heterocycles. The second kappa shape index (κ2) is 5.21. The van der Waals surface area contributed by atoms with E-state index in [2.05, 4.69) is 10.0 Å². The van der Waals surface area contributed by atoms with Crippen LogP contribution in [0.5, 0.6) is 0 Å². The molecule has 0 N–H and O–H groups in total. The van der Waals surface area contributed by atoms with Crippen molar-refractivity contribution in [3.05, 3.63) is 19.6 Å². The van der Waals surface area contributed by atoms with Gasteiger partial charge in [0.15, 0.2) is 0 Å². The Morgan fingerprint density at radius 3 is 3.00 bits per heavy atom. The molecule has 0 heterocycles. The molecular weight excluding hydrogens is 240 g/mol. The summed E-state index contributed by atoms with van der Waals surface area (Å²) in [6.07, 6.45) is 0. The third-order valence-corrected chi connectivity index (χ3v) is 1.69. The zero-order valence-corrected chi connectivity index (χ0v) is 6.80. The van der Waals surface area contributed by atoms with E-state index in [-0.39, 0.29) is 0 Å². The Kier molecular flexibility index (Phi) is 5.26. The second-order valence-corrected chi connectivity index (χ2v) is 2.55. The second-order valence-electron chi connectivity index (χ2n) is 0.945. The van der Waals surface area contributed by atoms with Crippen LogP contribution in [-0.2, 0) is 0 Å². The van der Waals surface area contributed by atoms with Crippen molar-refractivity contribution in [3.8, 4) is 0 Å². The quantitative estimate of drug-likeness (QED) is 0.310. The lowest BCUT2D eigenvalue weighted by Gasteiger charge is -1.82. The molecular formula is C3H3ClIN3. The number of rotatable bonds is 2. The van der Waals surface area contributed by atoms with Crippen molar-refractivity contribution in [1.29, 1.82) is 0 Å². The molecule has 0 aliphatic carbocycles. The largest absolute Gasteiger partial charge is 0.0922 e. The van der Waals surface area contributed by atoms with Crippen LogP contribution in [0, 0.1) is 0 Å². The van der Waals surface area contributed by atoms with Gasteiger partial charge in [-0.1, -0.05) is 16.7 Å². The average Bonchev–Trinajstić information content (AvgIpc) is 1.83. The number of halogens is 2. The molecule has 0 amide bonds. The smallest absolute Gasteiger partial charge is 0.0577 e. The van der Waals surface area contributed by atoms with Gasteiger partial charge in [0, 0.05) is 14.0 Å². The maximum atomic E-state index is 7.80. The summed E-state index contributed by atoms with van der Waals surface area (Å²) in [5.74, 6) is 0. The van der Waals surface area contributed by atoms with Gasteiger partial charge in [-0.25, -0.2) is 0 Å². The highest BCUT2D eigenvalue weighted by atomic mass is 127. The lowest BCUT2D eigenvalue weighted by atomic mass is 10.7. The summed E-state index contributed by atoms with van der Waals surface area (Å²) in [5, 5.41) is 3.26. The Bertz CT molecular complexity index is 137. The van der Waals surface area contributed by atoms with Gasteiger partial charge in [-0.15, -0.1) is 0 Å². The summed E-state index contributed by atoms with van der Waals surface area (Å²) in [6.45, 7) is 0.348. The lowest BCUT2D eigenvalue weighted by molar-refractivity contribution is 1.21. The van der Waals surface area contributed by atoms with Crippen LogP contribution in [0.2, 0.25) is 0 Å². The average molecular weight is 243 g/mol. The van der Waals surface area contributed by atoms with Crippen LogP contribution in [-0.4, -0.2) is 6.54 Å². The van der Waals surface area contributed by atoms with E-state index in [1.54, 1.807) is 0 Å². The van der Waals surface area contributed by atoms with Crippen molar-refractivity contribution in [2.75, 3.05) is 6.54 Å². The van der Waals surface area contributed by atoms with Crippen molar-refractivity contribution in [3.63, 3.8) is 0 Å². The Hall–Kier alpha value is 0.0700. The van der Waals surface area contributed by atoms with Gasteiger partial charge in [0.05, 0.1) is 6.54 Å². The van der Waals surface area contributed by atoms with Crippen molar-refractivity contribution in [1.82, 2.24) is 0 Å². The standard InChI is InChI=1S/C3H3ClIN3/c4-1-3(5)2-7-8-6/h1H,2H2/b3-1-. The van der Waals surface area contributed by atoms with Gasteiger partial charge in [-0.3, -0.25) is 0 Å². The zero-order chi connectivity index (χ0) is 6.41. The molecule has 0 spiro atoms. The minimum atomic E-state index is 0.348. The van der Waals surface area contributed by atoms with Crippen LogP contribution < -0.4 is 0 Å². The molecule has 0 saturated heterocycles. The molecule has 0 bridgehead atoms. The van der Waals surface area contributed by atoms with E-state index in [9.17, 15) is 0 Å². The van der Waals surface area contributed by atoms with Gasteiger partial charge >= 0.3 is 0 Å². The van der Waals surface area contributed by atoms with Crippen LogP contribution in [0.1, 0.15) is 0 Å². The Morgan fingerprint density at radius 2 is 2.62 bits per heavy atom. The summed E-state index contributed by atoms with van der Waals surface area (Å²) in [6, 6.07) is 0. The van der Waals surface area contributed by atoms with Crippen molar-refractivity contribution in [2.24, 2.45) is 5.11 Å². The van der Waals surface area contributed by atoms with E-state index >= 15 is 0 Å². The molecule has 0 atom stereocenters. The van der Waals surface area contributed by atoms with E-state index < -0.39 is 0 Å². The van der Waals surface area contributed by atoms with Gasteiger partial charge in [0.25, 0.3) is 0 Å². The maximum Gasteiger partial charge on any atom is 0.0577 e. The highest BCUT2D eigenvalue weighted by molar-refractivity contribution is 14.1.